The van der Waals surface area contributed by atoms with Gasteiger partial charge in [-0.25, -0.2) is 0 Å². The highest BCUT2D eigenvalue weighted by molar-refractivity contribution is 5.92. The highest BCUT2D eigenvalue weighted by atomic mass is 16.5. The maximum absolute atomic E-state index is 12.8. The summed E-state index contributed by atoms with van der Waals surface area (Å²) < 4.78 is 5.82. The maximum Gasteiger partial charge on any atom is 0.227 e. The second-order valence-corrected chi connectivity index (χ2v) is 8.84. The second kappa shape index (κ2) is 10.4. The molecule has 35 heavy (non-hydrogen) atoms. The fourth-order valence-corrected chi connectivity index (χ4v) is 4.30. The zero-order chi connectivity index (χ0) is 24.0. The van der Waals surface area contributed by atoms with Gasteiger partial charge < -0.3 is 15.0 Å². The molecule has 176 valence electrons. The molecule has 0 unspecified atom stereocenters. The molecule has 0 aliphatic carbocycles. The van der Waals surface area contributed by atoms with Gasteiger partial charge in [-0.15, -0.1) is 10.2 Å². The SMILES string of the molecule is Cc1cccc(-c2ccc(N3CCC(C(=O)Nc4ccc(Oc5ccccc5)cc4)CC3)nn2)c1. The molecular weight excluding hydrogens is 436 g/mol. The molecule has 0 bridgehead atoms. The van der Waals surface area contributed by atoms with Crippen molar-refractivity contribution in [2.45, 2.75) is 19.8 Å². The molecule has 0 radical (unpaired) electrons. The predicted molar refractivity (Wildman–Crippen MR) is 139 cm³/mol. The van der Waals surface area contributed by atoms with E-state index >= 15 is 0 Å². The number of carbonyl (C=O) groups excluding carboxylic acids is 1. The summed E-state index contributed by atoms with van der Waals surface area (Å²) in [5.41, 5.74) is 3.91. The lowest BCUT2D eigenvalue weighted by Crippen LogP contribution is -2.38. The Balaban J connectivity index is 1.13. The molecule has 3 aromatic carbocycles. The summed E-state index contributed by atoms with van der Waals surface area (Å²) in [6, 6.07) is 29.4. The van der Waals surface area contributed by atoms with E-state index in [0.717, 1.165) is 60.2 Å². The lowest BCUT2D eigenvalue weighted by Gasteiger charge is -2.31. The molecule has 1 aromatic heterocycles. The van der Waals surface area contributed by atoms with Gasteiger partial charge in [-0.05, 0) is 74.4 Å². The molecule has 6 nitrogen and oxygen atoms in total. The van der Waals surface area contributed by atoms with Crippen molar-refractivity contribution in [3.05, 3.63) is 96.6 Å². The van der Waals surface area contributed by atoms with Crippen LogP contribution in [0.5, 0.6) is 11.5 Å². The van der Waals surface area contributed by atoms with E-state index in [9.17, 15) is 4.79 Å². The second-order valence-electron chi connectivity index (χ2n) is 8.84. The van der Waals surface area contributed by atoms with Crippen LogP contribution in [0.1, 0.15) is 18.4 Å². The predicted octanol–water partition coefficient (Wildman–Crippen LogP) is 6.10. The van der Waals surface area contributed by atoms with Gasteiger partial charge in [0.15, 0.2) is 5.82 Å². The first-order chi connectivity index (χ1) is 17.1. The lowest BCUT2D eigenvalue weighted by atomic mass is 9.95. The van der Waals surface area contributed by atoms with Gasteiger partial charge in [-0.3, -0.25) is 4.79 Å². The van der Waals surface area contributed by atoms with Gasteiger partial charge >= 0.3 is 0 Å². The van der Waals surface area contributed by atoms with Gasteiger partial charge in [0.1, 0.15) is 11.5 Å². The molecule has 4 aromatic rings. The fourth-order valence-electron chi connectivity index (χ4n) is 4.30. The van der Waals surface area contributed by atoms with E-state index in [1.165, 1.54) is 5.56 Å². The summed E-state index contributed by atoms with van der Waals surface area (Å²) >= 11 is 0. The number of ether oxygens (including phenoxy) is 1. The molecule has 1 fully saturated rings. The van der Waals surface area contributed by atoms with E-state index in [1.54, 1.807) is 0 Å². The Kier molecular flexibility index (Phi) is 6.70. The standard InChI is InChI=1S/C29H28N4O2/c1-21-6-5-7-23(20-21)27-14-15-28(32-31-27)33-18-16-22(17-19-33)29(34)30-24-10-12-26(13-11-24)35-25-8-3-2-4-9-25/h2-15,20,22H,16-19H2,1H3,(H,30,34). The zero-order valence-electron chi connectivity index (χ0n) is 19.7. The first kappa shape index (κ1) is 22.6. The average molecular weight is 465 g/mol. The summed E-state index contributed by atoms with van der Waals surface area (Å²) in [6.07, 6.45) is 1.56. The number of para-hydroxylation sites is 1. The van der Waals surface area contributed by atoms with Gasteiger partial charge in [0.25, 0.3) is 0 Å². The average Bonchev–Trinajstić information content (AvgIpc) is 2.91. The van der Waals surface area contributed by atoms with Crippen molar-refractivity contribution in [3.8, 4) is 22.8 Å². The van der Waals surface area contributed by atoms with E-state index in [1.807, 2.05) is 78.9 Å². The van der Waals surface area contributed by atoms with E-state index in [0.29, 0.717) is 0 Å². The summed E-state index contributed by atoms with van der Waals surface area (Å²) in [4.78, 5) is 15.0. The quantitative estimate of drug-likeness (QED) is 0.373. The van der Waals surface area contributed by atoms with Crippen molar-refractivity contribution >= 4 is 17.4 Å². The van der Waals surface area contributed by atoms with E-state index in [4.69, 9.17) is 4.74 Å². The third-order valence-electron chi connectivity index (χ3n) is 6.25. The molecule has 1 N–H and O–H groups in total. The third kappa shape index (κ3) is 5.66. The molecule has 0 spiro atoms. The first-order valence-corrected chi connectivity index (χ1v) is 11.9. The molecule has 0 atom stereocenters. The van der Waals surface area contributed by atoms with Crippen molar-refractivity contribution < 1.29 is 9.53 Å². The number of nitrogens with zero attached hydrogens (tertiary/aromatic N) is 3. The Bertz CT molecular complexity index is 1270. The van der Waals surface area contributed by atoms with Crippen LogP contribution in [0.15, 0.2) is 91.0 Å². The summed E-state index contributed by atoms with van der Waals surface area (Å²) in [6.45, 7) is 3.63. The van der Waals surface area contributed by atoms with Gasteiger partial charge in [0.2, 0.25) is 5.91 Å². The van der Waals surface area contributed by atoms with Crippen molar-refractivity contribution in [1.29, 1.82) is 0 Å². The van der Waals surface area contributed by atoms with Crippen LogP contribution in [0, 0.1) is 12.8 Å². The number of rotatable bonds is 6. The number of aryl methyl sites for hydroxylation is 1. The van der Waals surface area contributed by atoms with Crippen molar-refractivity contribution in [2.24, 2.45) is 5.92 Å². The molecule has 1 aliphatic heterocycles. The maximum atomic E-state index is 12.8. The number of benzene rings is 3. The van der Waals surface area contributed by atoms with E-state index in [2.05, 4.69) is 39.5 Å². The van der Waals surface area contributed by atoms with Crippen LogP contribution in [0.3, 0.4) is 0 Å². The van der Waals surface area contributed by atoms with Gasteiger partial charge in [-0.2, -0.15) is 0 Å². The Morgan fingerprint density at radius 1 is 0.857 bits per heavy atom. The van der Waals surface area contributed by atoms with Crippen LogP contribution in [-0.4, -0.2) is 29.2 Å². The minimum atomic E-state index is -0.0222. The van der Waals surface area contributed by atoms with Crippen molar-refractivity contribution in [2.75, 3.05) is 23.3 Å². The summed E-state index contributed by atoms with van der Waals surface area (Å²) in [5, 5.41) is 11.9. The Morgan fingerprint density at radius 2 is 1.60 bits per heavy atom. The molecule has 1 amide bonds. The molecule has 1 saturated heterocycles. The molecule has 5 rings (SSSR count). The number of aromatic nitrogens is 2. The number of amides is 1. The van der Waals surface area contributed by atoms with Crippen LogP contribution < -0.4 is 15.0 Å². The minimum Gasteiger partial charge on any atom is -0.457 e. The number of hydrogen-bond acceptors (Lipinski definition) is 5. The molecule has 1 aliphatic rings. The Morgan fingerprint density at radius 3 is 2.29 bits per heavy atom. The number of nitrogens with one attached hydrogen (secondary N) is 1. The van der Waals surface area contributed by atoms with Crippen molar-refractivity contribution in [3.63, 3.8) is 0 Å². The largest absolute Gasteiger partial charge is 0.457 e. The van der Waals surface area contributed by atoms with Gasteiger partial charge in [0, 0.05) is 30.3 Å². The first-order valence-electron chi connectivity index (χ1n) is 11.9. The molecular formula is C29H28N4O2. The minimum absolute atomic E-state index is 0.0222. The van der Waals surface area contributed by atoms with E-state index < -0.39 is 0 Å². The third-order valence-corrected chi connectivity index (χ3v) is 6.25. The number of piperidine rings is 1. The molecule has 6 heteroatoms. The smallest absolute Gasteiger partial charge is 0.227 e. The Hall–Kier alpha value is -4.19. The number of carbonyl (C=O) groups is 1. The zero-order valence-corrected chi connectivity index (χ0v) is 19.7. The summed E-state index contributed by atoms with van der Waals surface area (Å²) in [7, 11) is 0. The highest BCUT2D eigenvalue weighted by Crippen LogP contribution is 2.26. The molecule has 2 heterocycles. The normalized spacial score (nSPS) is 13.9. The topological polar surface area (TPSA) is 67.4 Å². The van der Waals surface area contributed by atoms with E-state index in [-0.39, 0.29) is 11.8 Å². The Labute approximate surface area is 205 Å². The fraction of sp³-hybridized carbons (Fsp3) is 0.207. The van der Waals surface area contributed by atoms with Crippen molar-refractivity contribution in [1.82, 2.24) is 10.2 Å². The van der Waals surface area contributed by atoms with Crippen LogP contribution in [0.4, 0.5) is 11.5 Å². The monoisotopic (exact) mass is 464 g/mol. The van der Waals surface area contributed by atoms with Crippen LogP contribution in [0.25, 0.3) is 11.3 Å². The number of hydrogen-bond donors (Lipinski definition) is 1. The van der Waals surface area contributed by atoms with Gasteiger partial charge in [-0.1, -0.05) is 42.0 Å². The van der Waals surface area contributed by atoms with Gasteiger partial charge in [0.05, 0.1) is 5.69 Å². The van der Waals surface area contributed by atoms with Crippen LogP contribution in [0.2, 0.25) is 0 Å². The number of anilines is 2. The highest BCUT2D eigenvalue weighted by Gasteiger charge is 2.26. The summed E-state index contributed by atoms with van der Waals surface area (Å²) in [5.74, 6) is 2.41. The lowest BCUT2D eigenvalue weighted by molar-refractivity contribution is -0.120. The van der Waals surface area contributed by atoms with Crippen LogP contribution >= 0.6 is 0 Å². The molecule has 0 saturated carbocycles. The van der Waals surface area contributed by atoms with Crippen LogP contribution in [-0.2, 0) is 4.79 Å².